The van der Waals surface area contributed by atoms with E-state index >= 15 is 0 Å². The van der Waals surface area contributed by atoms with Gasteiger partial charge in [-0.15, -0.1) is 11.3 Å². The highest BCUT2D eigenvalue weighted by atomic mass is 32.1. The van der Waals surface area contributed by atoms with E-state index in [1.165, 1.54) is 11.3 Å². The second-order valence-electron chi connectivity index (χ2n) is 3.34. The zero-order chi connectivity index (χ0) is 12.0. The third-order valence-electron chi connectivity index (χ3n) is 1.64. The molecular formula is C10H15N3O2S. The van der Waals surface area contributed by atoms with Gasteiger partial charge in [0.25, 0.3) is 5.91 Å². The molecule has 1 aromatic rings. The number of aromatic nitrogens is 1. The summed E-state index contributed by atoms with van der Waals surface area (Å²) in [4.78, 5) is 15.3. The molecule has 1 aromatic heterocycles. The highest BCUT2D eigenvalue weighted by Crippen LogP contribution is 2.10. The third kappa shape index (κ3) is 4.41. The molecule has 1 rings (SSSR count). The van der Waals surface area contributed by atoms with Crippen LogP contribution >= 0.6 is 11.3 Å². The van der Waals surface area contributed by atoms with Crippen molar-refractivity contribution in [3.8, 4) is 0 Å². The van der Waals surface area contributed by atoms with Crippen molar-refractivity contribution in [2.45, 2.75) is 6.92 Å². The largest absolute Gasteiger partial charge is 0.375 e. The number of nitrogen functional groups attached to an aromatic ring is 1. The minimum Gasteiger partial charge on any atom is -0.375 e. The maximum Gasteiger partial charge on any atom is 0.270 e. The van der Waals surface area contributed by atoms with Gasteiger partial charge >= 0.3 is 0 Å². The van der Waals surface area contributed by atoms with Crippen LogP contribution in [-0.2, 0) is 4.74 Å². The Kier molecular flexibility index (Phi) is 4.94. The molecule has 0 unspecified atom stereocenters. The zero-order valence-corrected chi connectivity index (χ0v) is 9.97. The Morgan fingerprint density at radius 2 is 2.50 bits per heavy atom. The Morgan fingerprint density at radius 1 is 1.75 bits per heavy atom. The van der Waals surface area contributed by atoms with Crippen LogP contribution in [0.25, 0.3) is 0 Å². The van der Waals surface area contributed by atoms with Crippen molar-refractivity contribution in [2.75, 3.05) is 25.5 Å². The highest BCUT2D eigenvalue weighted by molar-refractivity contribution is 7.13. The highest BCUT2D eigenvalue weighted by Gasteiger charge is 2.08. The van der Waals surface area contributed by atoms with Crippen molar-refractivity contribution < 1.29 is 9.53 Å². The number of hydrogen-bond donors (Lipinski definition) is 2. The Balaban J connectivity index is 2.18. The summed E-state index contributed by atoms with van der Waals surface area (Å²) >= 11 is 1.24. The van der Waals surface area contributed by atoms with Crippen LogP contribution in [0.1, 0.15) is 17.4 Å². The number of amides is 1. The average molecular weight is 241 g/mol. The summed E-state index contributed by atoms with van der Waals surface area (Å²) in [6.45, 7) is 7.01. The second kappa shape index (κ2) is 6.24. The SMILES string of the molecule is C=C(C)COCCNC(=O)c1csc(N)n1. The minimum atomic E-state index is -0.230. The van der Waals surface area contributed by atoms with Crippen LogP contribution in [0.5, 0.6) is 0 Å². The first kappa shape index (κ1) is 12.7. The van der Waals surface area contributed by atoms with E-state index in [1.807, 2.05) is 6.92 Å². The maximum atomic E-state index is 11.5. The number of nitrogens with one attached hydrogen (secondary N) is 1. The van der Waals surface area contributed by atoms with Crippen LogP contribution in [0, 0.1) is 0 Å². The number of carbonyl (C=O) groups excluding carboxylic acids is 1. The Bertz CT molecular complexity index is 376. The molecule has 0 aliphatic carbocycles. The summed E-state index contributed by atoms with van der Waals surface area (Å²) in [6.07, 6.45) is 0. The lowest BCUT2D eigenvalue weighted by Crippen LogP contribution is -2.27. The van der Waals surface area contributed by atoms with Crippen molar-refractivity contribution in [3.05, 3.63) is 23.2 Å². The topological polar surface area (TPSA) is 77.2 Å². The lowest BCUT2D eigenvalue weighted by Gasteiger charge is -2.04. The van der Waals surface area contributed by atoms with E-state index in [0.717, 1.165) is 5.57 Å². The summed E-state index contributed by atoms with van der Waals surface area (Å²) in [7, 11) is 0. The molecule has 0 aromatic carbocycles. The first-order valence-corrected chi connectivity index (χ1v) is 5.69. The van der Waals surface area contributed by atoms with Crippen LogP contribution in [0.4, 0.5) is 5.13 Å². The minimum absolute atomic E-state index is 0.230. The second-order valence-corrected chi connectivity index (χ2v) is 4.23. The van der Waals surface area contributed by atoms with E-state index in [9.17, 15) is 4.79 Å². The molecule has 0 fully saturated rings. The van der Waals surface area contributed by atoms with Gasteiger partial charge < -0.3 is 15.8 Å². The number of rotatable bonds is 6. The predicted octanol–water partition coefficient (Wildman–Crippen LogP) is 1.05. The van der Waals surface area contributed by atoms with Gasteiger partial charge in [-0.3, -0.25) is 4.79 Å². The van der Waals surface area contributed by atoms with E-state index in [1.54, 1.807) is 5.38 Å². The molecule has 1 amide bonds. The Hall–Kier alpha value is -1.40. The van der Waals surface area contributed by atoms with Crippen molar-refractivity contribution in [1.82, 2.24) is 10.3 Å². The summed E-state index contributed by atoms with van der Waals surface area (Å²) in [6, 6.07) is 0. The van der Waals surface area contributed by atoms with Gasteiger partial charge in [-0.05, 0) is 6.92 Å². The van der Waals surface area contributed by atoms with E-state index in [2.05, 4.69) is 16.9 Å². The molecule has 3 N–H and O–H groups in total. The molecule has 0 saturated heterocycles. The summed E-state index contributed by atoms with van der Waals surface area (Å²) < 4.78 is 5.23. The van der Waals surface area contributed by atoms with Gasteiger partial charge in [0.2, 0.25) is 0 Å². The standard InChI is InChI=1S/C10H15N3O2S/c1-7(2)5-15-4-3-12-9(14)8-6-16-10(11)13-8/h6H,1,3-5H2,2H3,(H2,11,13)(H,12,14). The van der Waals surface area contributed by atoms with E-state index in [0.29, 0.717) is 30.6 Å². The quantitative estimate of drug-likeness (QED) is 0.576. The first-order chi connectivity index (χ1) is 7.59. The summed E-state index contributed by atoms with van der Waals surface area (Å²) in [5, 5.41) is 4.70. The van der Waals surface area contributed by atoms with Crippen molar-refractivity contribution in [2.24, 2.45) is 0 Å². The molecule has 0 aliphatic heterocycles. The molecule has 0 radical (unpaired) electrons. The monoisotopic (exact) mass is 241 g/mol. The fourth-order valence-corrected chi connectivity index (χ4v) is 1.51. The third-order valence-corrected chi connectivity index (χ3v) is 2.31. The molecule has 1 heterocycles. The summed E-state index contributed by atoms with van der Waals surface area (Å²) in [5.74, 6) is -0.230. The van der Waals surface area contributed by atoms with E-state index in [4.69, 9.17) is 10.5 Å². The first-order valence-electron chi connectivity index (χ1n) is 4.81. The number of hydrogen-bond acceptors (Lipinski definition) is 5. The van der Waals surface area contributed by atoms with Crippen LogP contribution in [0.2, 0.25) is 0 Å². The molecule has 0 spiro atoms. The lowest BCUT2D eigenvalue weighted by molar-refractivity contribution is 0.0922. The van der Waals surface area contributed by atoms with Gasteiger partial charge in [0.15, 0.2) is 5.13 Å². The summed E-state index contributed by atoms with van der Waals surface area (Å²) in [5.41, 5.74) is 6.73. The van der Waals surface area contributed by atoms with Crippen molar-refractivity contribution >= 4 is 22.4 Å². The fourth-order valence-electron chi connectivity index (χ4n) is 0.966. The number of anilines is 1. The zero-order valence-electron chi connectivity index (χ0n) is 9.16. The van der Waals surface area contributed by atoms with Gasteiger partial charge in [-0.2, -0.15) is 0 Å². The van der Waals surface area contributed by atoms with Crippen LogP contribution in [-0.4, -0.2) is 30.6 Å². The molecule has 6 heteroatoms. The molecule has 0 aliphatic rings. The molecule has 0 saturated carbocycles. The van der Waals surface area contributed by atoms with Gasteiger partial charge in [0, 0.05) is 11.9 Å². The van der Waals surface area contributed by atoms with Gasteiger partial charge in [0.05, 0.1) is 13.2 Å². The fraction of sp³-hybridized carbons (Fsp3) is 0.400. The van der Waals surface area contributed by atoms with Gasteiger partial charge in [-0.25, -0.2) is 4.98 Å². The maximum absolute atomic E-state index is 11.5. The number of nitrogens with two attached hydrogens (primary N) is 1. The number of nitrogens with zero attached hydrogens (tertiary/aromatic N) is 1. The number of thiazole rings is 1. The molecular weight excluding hydrogens is 226 g/mol. The van der Waals surface area contributed by atoms with Crippen molar-refractivity contribution in [3.63, 3.8) is 0 Å². The smallest absolute Gasteiger partial charge is 0.270 e. The van der Waals surface area contributed by atoms with Gasteiger partial charge in [0.1, 0.15) is 5.69 Å². The van der Waals surface area contributed by atoms with E-state index < -0.39 is 0 Å². The molecule has 0 bridgehead atoms. The molecule has 0 atom stereocenters. The van der Waals surface area contributed by atoms with Crippen molar-refractivity contribution in [1.29, 1.82) is 0 Å². The number of ether oxygens (including phenoxy) is 1. The van der Waals surface area contributed by atoms with Crippen LogP contribution in [0.15, 0.2) is 17.5 Å². The lowest BCUT2D eigenvalue weighted by atomic mass is 10.4. The average Bonchev–Trinajstić information content (AvgIpc) is 2.63. The normalized spacial score (nSPS) is 10.1. The predicted molar refractivity (Wildman–Crippen MR) is 64.5 cm³/mol. The Labute approximate surface area is 98.3 Å². The van der Waals surface area contributed by atoms with E-state index in [-0.39, 0.29) is 5.91 Å². The molecule has 16 heavy (non-hydrogen) atoms. The number of carbonyl (C=O) groups is 1. The molecule has 88 valence electrons. The Morgan fingerprint density at radius 3 is 3.06 bits per heavy atom. The van der Waals surface area contributed by atoms with Crippen LogP contribution < -0.4 is 11.1 Å². The molecule has 5 nitrogen and oxygen atoms in total. The van der Waals surface area contributed by atoms with Crippen LogP contribution in [0.3, 0.4) is 0 Å². The van der Waals surface area contributed by atoms with Gasteiger partial charge in [-0.1, -0.05) is 12.2 Å².